The van der Waals surface area contributed by atoms with Crippen LogP contribution >= 0.6 is 23.2 Å². The molecule has 3 aliphatic rings. The quantitative estimate of drug-likeness (QED) is 0.371. The topological polar surface area (TPSA) is 95.0 Å². The van der Waals surface area contributed by atoms with Crippen LogP contribution in [0.15, 0.2) is 48.5 Å². The van der Waals surface area contributed by atoms with Crippen molar-refractivity contribution >= 4 is 45.1 Å². The highest BCUT2D eigenvalue weighted by Gasteiger charge is 2.55. The lowest BCUT2D eigenvalue weighted by atomic mass is 9.67. The van der Waals surface area contributed by atoms with Crippen molar-refractivity contribution in [3.8, 4) is 0 Å². The van der Waals surface area contributed by atoms with Crippen molar-refractivity contribution in [2.45, 2.75) is 69.9 Å². The third-order valence-electron chi connectivity index (χ3n) is 8.75. The first-order valence-corrected chi connectivity index (χ1v) is 16.4. The van der Waals surface area contributed by atoms with E-state index in [4.69, 9.17) is 23.2 Å². The molecule has 1 unspecified atom stereocenters. The minimum Gasteiger partial charge on any atom is -0.481 e. The van der Waals surface area contributed by atoms with Gasteiger partial charge in [-0.05, 0) is 73.4 Å². The molecule has 40 heavy (non-hydrogen) atoms. The zero-order chi connectivity index (χ0) is 28.7. The van der Waals surface area contributed by atoms with E-state index >= 15 is 0 Å². The number of carbonyl (C=O) groups is 2. The van der Waals surface area contributed by atoms with Crippen molar-refractivity contribution in [2.75, 3.05) is 18.8 Å². The summed E-state index contributed by atoms with van der Waals surface area (Å²) in [5.41, 5.74) is 0.500. The molecule has 0 radical (unpaired) electrons. The van der Waals surface area contributed by atoms with Crippen molar-refractivity contribution < 1.29 is 23.1 Å². The van der Waals surface area contributed by atoms with E-state index in [0.717, 1.165) is 43.2 Å². The van der Waals surface area contributed by atoms with Crippen molar-refractivity contribution in [2.24, 2.45) is 11.3 Å². The van der Waals surface area contributed by atoms with Gasteiger partial charge in [-0.3, -0.25) is 9.59 Å². The number of carboxylic acid groups (broad SMARTS) is 1. The number of rotatable bonds is 9. The van der Waals surface area contributed by atoms with Crippen LogP contribution in [0.5, 0.6) is 0 Å². The van der Waals surface area contributed by atoms with Gasteiger partial charge in [-0.15, -0.1) is 0 Å². The monoisotopic (exact) mass is 606 g/mol. The number of hydrogen-bond donors (Lipinski definition) is 1. The van der Waals surface area contributed by atoms with E-state index in [1.807, 2.05) is 30.3 Å². The lowest BCUT2D eigenvalue weighted by Crippen LogP contribution is -2.59. The maximum absolute atomic E-state index is 14.5. The Kier molecular flexibility index (Phi) is 8.54. The largest absolute Gasteiger partial charge is 0.481 e. The van der Waals surface area contributed by atoms with E-state index in [1.165, 1.54) is 0 Å². The van der Waals surface area contributed by atoms with E-state index in [1.54, 1.807) is 34.3 Å². The average molecular weight is 608 g/mol. The molecule has 216 valence electrons. The van der Waals surface area contributed by atoms with Gasteiger partial charge in [-0.25, -0.2) is 12.7 Å². The van der Waals surface area contributed by atoms with Crippen LogP contribution in [0.25, 0.3) is 0 Å². The standard InChI is InChI=1S/C30H36Cl2N2O5S/c1-30(18-27(35)36)17-25(22-6-5-7-24(32)16-22)28(21-10-12-23(31)13-11-21)34(29(30)37)26(20-8-9-20)19-40(38,39)33-14-3-2-4-15-33/h5-7,10-13,16,20,25-26,28H,2-4,8-9,14-15,17-19H2,1H3,(H,35,36)/t25-,26?,28-,30-/m1/s1. The van der Waals surface area contributed by atoms with Gasteiger partial charge in [-0.2, -0.15) is 0 Å². The van der Waals surface area contributed by atoms with Crippen LogP contribution in [-0.2, 0) is 19.6 Å². The molecule has 0 aromatic heterocycles. The zero-order valence-electron chi connectivity index (χ0n) is 22.6. The Hall–Kier alpha value is -2.13. The summed E-state index contributed by atoms with van der Waals surface area (Å²) in [7, 11) is -3.64. The summed E-state index contributed by atoms with van der Waals surface area (Å²) < 4.78 is 29.1. The van der Waals surface area contributed by atoms with Crippen LogP contribution in [0, 0.1) is 11.3 Å². The summed E-state index contributed by atoms with van der Waals surface area (Å²) in [6.07, 6.45) is 4.27. The minimum atomic E-state index is -3.64. The first-order valence-electron chi connectivity index (χ1n) is 14.0. The fourth-order valence-corrected chi connectivity index (χ4v) is 8.85. The van der Waals surface area contributed by atoms with Crippen molar-refractivity contribution in [3.63, 3.8) is 0 Å². The molecule has 2 aromatic carbocycles. The van der Waals surface area contributed by atoms with Gasteiger partial charge >= 0.3 is 5.97 Å². The molecule has 10 heteroatoms. The van der Waals surface area contributed by atoms with Crippen LogP contribution < -0.4 is 0 Å². The summed E-state index contributed by atoms with van der Waals surface area (Å²) in [6, 6.07) is 13.7. The molecule has 2 aromatic rings. The van der Waals surface area contributed by atoms with E-state index in [-0.39, 0.29) is 29.9 Å². The number of carbonyl (C=O) groups excluding carboxylic acids is 1. The normalized spacial score (nSPS) is 27.0. The number of halogens is 2. The summed E-state index contributed by atoms with van der Waals surface area (Å²) >= 11 is 12.7. The Labute approximate surface area is 246 Å². The van der Waals surface area contributed by atoms with Gasteiger partial charge in [0.05, 0.1) is 29.7 Å². The van der Waals surface area contributed by atoms with Gasteiger partial charge in [-0.1, -0.05) is 60.8 Å². The molecule has 1 amide bonds. The molecule has 5 rings (SSSR count). The maximum Gasteiger partial charge on any atom is 0.304 e. The van der Waals surface area contributed by atoms with Gasteiger partial charge in [0.2, 0.25) is 15.9 Å². The summed E-state index contributed by atoms with van der Waals surface area (Å²) in [6.45, 7) is 2.70. The molecule has 7 nitrogen and oxygen atoms in total. The van der Waals surface area contributed by atoms with Crippen molar-refractivity contribution in [1.82, 2.24) is 9.21 Å². The molecule has 3 fully saturated rings. The molecular formula is C30H36Cl2N2O5S. The van der Waals surface area contributed by atoms with Gasteiger partial charge in [0, 0.05) is 29.1 Å². The predicted molar refractivity (Wildman–Crippen MR) is 156 cm³/mol. The highest BCUT2D eigenvalue weighted by molar-refractivity contribution is 7.89. The number of hydrogen-bond acceptors (Lipinski definition) is 4. The molecule has 1 N–H and O–H groups in total. The van der Waals surface area contributed by atoms with Crippen LogP contribution in [0.1, 0.15) is 75.0 Å². The maximum atomic E-state index is 14.5. The smallest absolute Gasteiger partial charge is 0.304 e. The first kappa shape index (κ1) is 29.4. The fourth-order valence-electron chi connectivity index (χ4n) is 6.63. The van der Waals surface area contributed by atoms with Gasteiger partial charge in [0.15, 0.2) is 0 Å². The molecular weight excluding hydrogens is 571 g/mol. The van der Waals surface area contributed by atoms with Crippen LogP contribution in [0.2, 0.25) is 10.0 Å². The number of likely N-dealkylation sites (tertiary alicyclic amines) is 1. The Morgan fingerprint density at radius 3 is 2.30 bits per heavy atom. The highest BCUT2D eigenvalue weighted by Crippen LogP contribution is 2.54. The van der Waals surface area contributed by atoms with Crippen molar-refractivity contribution in [1.29, 1.82) is 0 Å². The second-order valence-corrected chi connectivity index (χ2v) is 14.7. The number of benzene rings is 2. The molecule has 2 saturated heterocycles. The number of nitrogens with zero attached hydrogens (tertiary/aromatic N) is 2. The lowest BCUT2D eigenvalue weighted by Gasteiger charge is -2.52. The average Bonchev–Trinajstić information content (AvgIpc) is 3.75. The zero-order valence-corrected chi connectivity index (χ0v) is 25.0. The minimum absolute atomic E-state index is 0.0329. The predicted octanol–water partition coefficient (Wildman–Crippen LogP) is 6.13. The SMILES string of the molecule is C[C@]1(CC(=O)O)C[C@H](c2cccc(Cl)c2)[C@@H](c2ccc(Cl)cc2)N(C(CS(=O)(=O)N2CCCCC2)C2CC2)C1=O. The number of piperidine rings is 2. The number of aliphatic carboxylic acids is 1. The Morgan fingerprint density at radius 2 is 1.70 bits per heavy atom. The van der Waals surface area contributed by atoms with Crippen LogP contribution in [-0.4, -0.2) is 59.5 Å². The fraction of sp³-hybridized carbons (Fsp3) is 0.533. The third-order valence-corrected chi connectivity index (χ3v) is 11.1. The molecule has 1 saturated carbocycles. The first-order chi connectivity index (χ1) is 19.0. The number of amides is 1. The Morgan fingerprint density at radius 1 is 1.02 bits per heavy atom. The van der Waals surface area contributed by atoms with Gasteiger partial charge in [0.25, 0.3) is 0 Å². The van der Waals surface area contributed by atoms with Gasteiger partial charge < -0.3 is 10.0 Å². The molecule has 2 aliphatic heterocycles. The third kappa shape index (κ3) is 6.20. The molecule has 0 bridgehead atoms. The molecule has 2 heterocycles. The van der Waals surface area contributed by atoms with Crippen LogP contribution in [0.3, 0.4) is 0 Å². The van der Waals surface area contributed by atoms with Gasteiger partial charge in [0.1, 0.15) is 0 Å². The molecule has 4 atom stereocenters. The Balaban J connectivity index is 1.65. The molecule has 1 aliphatic carbocycles. The van der Waals surface area contributed by atoms with E-state index < -0.39 is 33.5 Å². The second kappa shape index (κ2) is 11.6. The summed E-state index contributed by atoms with van der Waals surface area (Å²) in [4.78, 5) is 28.3. The van der Waals surface area contributed by atoms with E-state index in [9.17, 15) is 23.1 Å². The highest BCUT2D eigenvalue weighted by atomic mass is 35.5. The molecule has 0 spiro atoms. The lowest BCUT2D eigenvalue weighted by molar-refractivity contribution is -0.160. The second-order valence-electron chi connectivity index (χ2n) is 11.8. The Bertz CT molecular complexity index is 1360. The number of carboxylic acids is 1. The van der Waals surface area contributed by atoms with Crippen molar-refractivity contribution in [3.05, 3.63) is 69.7 Å². The van der Waals surface area contributed by atoms with E-state index in [2.05, 4.69) is 0 Å². The summed E-state index contributed by atoms with van der Waals surface area (Å²) in [5.74, 6) is -1.81. The van der Waals surface area contributed by atoms with E-state index in [0.29, 0.717) is 29.6 Å². The summed E-state index contributed by atoms with van der Waals surface area (Å²) in [5, 5.41) is 11.0. The number of sulfonamides is 1. The van der Waals surface area contributed by atoms with Crippen LogP contribution in [0.4, 0.5) is 0 Å².